The van der Waals surface area contributed by atoms with Gasteiger partial charge in [0.15, 0.2) is 9.84 Å². The minimum Gasteiger partial charge on any atom is -0.475 e. The van der Waals surface area contributed by atoms with Crippen molar-refractivity contribution >= 4 is 21.4 Å². The maximum atomic E-state index is 12.4. The maximum absolute atomic E-state index is 12.4. The zero-order valence-electron chi connectivity index (χ0n) is 13.4. The van der Waals surface area contributed by atoms with Crippen molar-refractivity contribution in [3.63, 3.8) is 0 Å². The summed E-state index contributed by atoms with van der Waals surface area (Å²) in [4.78, 5) is 16.6. The molecule has 2 rings (SSSR count). The van der Waals surface area contributed by atoms with Crippen LogP contribution in [0, 0.1) is 0 Å². The number of carbonyl (C=O) groups is 1. The van der Waals surface area contributed by atoms with E-state index in [9.17, 15) is 13.2 Å². The van der Waals surface area contributed by atoms with Crippen LogP contribution in [0.15, 0.2) is 47.5 Å². The van der Waals surface area contributed by atoms with Crippen molar-refractivity contribution < 1.29 is 22.7 Å². The predicted octanol–water partition coefficient (Wildman–Crippen LogP) is 1.76. The molecule has 0 bridgehead atoms. The van der Waals surface area contributed by atoms with E-state index in [1.807, 2.05) is 0 Å². The second-order valence-electron chi connectivity index (χ2n) is 4.95. The fourth-order valence-corrected chi connectivity index (χ4v) is 2.57. The van der Waals surface area contributed by atoms with Crippen molar-refractivity contribution in [1.82, 2.24) is 4.98 Å². The third-order valence-electron chi connectivity index (χ3n) is 3.06. The van der Waals surface area contributed by atoms with Crippen LogP contribution in [-0.4, -0.2) is 45.9 Å². The van der Waals surface area contributed by atoms with E-state index < -0.39 is 15.7 Å². The monoisotopic (exact) mass is 350 g/mol. The van der Waals surface area contributed by atoms with Gasteiger partial charge < -0.3 is 14.8 Å². The lowest BCUT2D eigenvalue weighted by atomic mass is 10.2. The summed E-state index contributed by atoms with van der Waals surface area (Å²) in [6, 6.07) is 9.22. The fourth-order valence-electron chi connectivity index (χ4n) is 1.90. The summed E-state index contributed by atoms with van der Waals surface area (Å²) in [6.07, 6.45) is 2.62. The average Bonchev–Trinajstić information content (AvgIpc) is 2.55. The second kappa shape index (κ2) is 7.89. The van der Waals surface area contributed by atoms with E-state index in [0.717, 1.165) is 6.26 Å². The van der Waals surface area contributed by atoms with Crippen LogP contribution < -0.4 is 10.1 Å². The third-order valence-corrected chi connectivity index (χ3v) is 4.17. The Labute approximate surface area is 140 Å². The minimum atomic E-state index is -3.35. The Morgan fingerprint density at radius 3 is 2.71 bits per heavy atom. The Balaban J connectivity index is 2.19. The number of nitrogens with one attached hydrogen (secondary N) is 1. The lowest BCUT2D eigenvalue weighted by Crippen LogP contribution is -2.16. The van der Waals surface area contributed by atoms with E-state index in [-0.39, 0.29) is 22.9 Å². The lowest BCUT2D eigenvalue weighted by Gasteiger charge is -2.11. The van der Waals surface area contributed by atoms with Crippen molar-refractivity contribution in [1.29, 1.82) is 0 Å². The molecular formula is C16H18N2O5S. The molecule has 0 spiro atoms. The van der Waals surface area contributed by atoms with E-state index in [1.54, 1.807) is 31.4 Å². The predicted molar refractivity (Wildman–Crippen MR) is 89.1 cm³/mol. The van der Waals surface area contributed by atoms with Crippen LogP contribution in [0.2, 0.25) is 0 Å². The third kappa shape index (κ3) is 4.77. The van der Waals surface area contributed by atoms with E-state index in [1.165, 1.54) is 18.3 Å². The number of aromatic nitrogens is 1. The molecule has 1 amide bonds. The molecule has 8 heteroatoms. The Morgan fingerprint density at radius 1 is 1.21 bits per heavy atom. The number of nitrogens with zero attached hydrogens (tertiary/aromatic N) is 1. The molecule has 0 fully saturated rings. The molecule has 1 aromatic carbocycles. The Morgan fingerprint density at radius 2 is 2.00 bits per heavy atom. The normalized spacial score (nSPS) is 11.1. The van der Waals surface area contributed by atoms with E-state index in [0.29, 0.717) is 12.3 Å². The Kier molecular flexibility index (Phi) is 5.88. The molecule has 0 saturated carbocycles. The number of sulfone groups is 1. The fraction of sp³-hybridized carbons (Fsp3) is 0.250. The van der Waals surface area contributed by atoms with Crippen LogP contribution in [0.5, 0.6) is 5.88 Å². The van der Waals surface area contributed by atoms with Crippen molar-refractivity contribution in [3.8, 4) is 5.88 Å². The summed E-state index contributed by atoms with van der Waals surface area (Å²) in [5.74, 6) is -0.257. The molecular weight excluding hydrogens is 332 g/mol. The highest BCUT2D eigenvalue weighted by Crippen LogP contribution is 2.19. The number of benzene rings is 1. The summed E-state index contributed by atoms with van der Waals surface area (Å²) in [6.45, 7) is 0.630. The average molecular weight is 350 g/mol. The molecule has 24 heavy (non-hydrogen) atoms. The van der Waals surface area contributed by atoms with E-state index in [4.69, 9.17) is 9.47 Å². The van der Waals surface area contributed by atoms with Crippen molar-refractivity contribution in [2.24, 2.45) is 0 Å². The highest BCUT2D eigenvalue weighted by atomic mass is 32.2. The van der Waals surface area contributed by atoms with Gasteiger partial charge in [0.05, 0.1) is 11.5 Å². The lowest BCUT2D eigenvalue weighted by molar-refractivity contribution is 0.101. The van der Waals surface area contributed by atoms with Gasteiger partial charge in [0, 0.05) is 25.2 Å². The van der Waals surface area contributed by atoms with Gasteiger partial charge in [0.1, 0.15) is 12.2 Å². The van der Waals surface area contributed by atoms with Gasteiger partial charge in [-0.3, -0.25) is 4.79 Å². The minimum absolute atomic E-state index is 0.128. The molecule has 0 radical (unpaired) electrons. The summed E-state index contributed by atoms with van der Waals surface area (Å²) in [5.41, 5.74) is 0.619. The van der Waals surface area contributed by atoms with Gasteiger partial charge in [-0.25, -0.2) is 13.4 Å². The van der Waals surface area contributed by atoms with Crippen molar-refractivity contribution in [3.05, 3.63) is 48.2 Å². The zero-order chi connectivity index (χ0) is 17.6. The molecule has 0 saturated heterocycles. The molecule has 2 aromatic rings. The smallest absolute Gasteiger partial charge is 0.261 e. The highest BCUT2D eigenvalue weighted by molar-refractivity contribution is 7.90. The molecule has 0 aliphatic rings. The van der Waals surface area contributed by atoms with E-state index in [2.05, 4.69) is 10.3 Å². The largest absolute Gasteiger partial charge is 0.475 e. The Hall–Kier alpha value is -2.45. The first-order chi connectivity index (χ1) is 11.4. The number of hydrogen-bond acceptors (Lipinski definition) is 6. The molecule has 0 aliphatic carbocycles. The van der Waals surface area contributed by atoms with E-state index >= 15 is 0 Å². The number of amides is 1. The van der Waals surface area contributed by atoms with Crippen LogP contribution in [0.25, 0.3) is 0 Å². The maximum Gasteiger partial charge on any atom is 0.261 e. The van der Waals surface area contributed by atoms with Gasteiger partial charge in [-0.05, 0) is 30.3 Å². The molecule has 128 valence electrons. The Bertz CT molecular complexity index is 821. The van der Waals surface area contributed by atoms with Gasteiger partial charge in [0.2, 0.25) is 5.88 Å². The topological polar surface area (TPSA) is 94.6 Å². The van der Waals surface area contributed by atoms with Gasteiger partial charge in [-0.15, -0.1) is 0 Å². The standard InChI is InChI=1S/C16H18N2O5S/c1-22-9-10-23-16-14(7-4-8-17-16)15(19)18-12-5-3-6-13(11-12)24(2,20)21/h3-8,11H,9-10H2,1-2H3,(H,18,19). The second-order valence-corrected chi connectivity index (χ2v) is 6.97. The van der Waals surface area contributed by atoms with Crippen molar-refractivity contribution in [2.75, 3.05) is 31.9 Å². The first-order valence-corrected chi connectivity index (χ1v) is 8.99. The highest BCUT2D eigenvalue weighted by Gasteiger charge is 2.15. The van der Waals surface area contributed by atoms with Crippen molar-refractivity contribution in [2.45, 2.75) is 4.90 Å². The molecule has 0 unspecified atom stereocenters. The molecule has 1 N–H and O–H groups in total. The first-order valence-electron chi connectivity index (χ1n) is 7.10. The molecule has 1 heterocycles. The van der Waals surface area contributed by atoms with Gasteiger partial charge >= 0.3 is 0 Å². The quantitative estimate of drug-likeness (QED) is 0.765. The molecule has 0 aliphatic heterocycles. The van der Waals surface area contributed by atoms with Gasteiger partial charge in [-0.2, -0.15) is 0 Å². The number of rotatable bonds is 7. The number of anilines is 1. The number of ether oxygens (including phenoxy) is 2. The van der Waals surface area contributed by atoms with Crippen LogP contribution in [-0.2, 0) is 14.6 Å². The zero-order valence-corrected chi connectivity index (χ0v) is 14.2. The van der Waals surface area contributed by atoms with Crippen LogP contribution in [0.1, 0.15) is 10.4 Å². The number of carbonyl (C=O) groups excluding carboxylic acids is 1. The first kappa shape index (κ1) is 17.9. The van der Waals surface area contributed by atoms with Crippen LogP contribution >= 0.6 is 0 Å². The van der Waals surface area contributed by atoms with Gasteiger partial charge in [0.25, 0.3) is 5.91 Å². The molecule has 0 atom stereocenters. The number of methoxy groups -OCH3 is 1. The van der Waals surface area contributed by atoms with Crippen LogP contribution in [0.4, 0.5) is 5.69 Å². The van der Waals surface area contributed by atoms with Gasteiger partial charge in [-0.1, -0.05) is 6.07 Å². The molecule has 7 nitrogen and oxygen atoms in total. The summed E-state index contributed by atoms with van der Waals surface area (Å²) >= 11 is 0. The summed E-state index contributed by atoms with van der Waals surface area (Å²) < 4.78 is 33.5. The summed E-state index contributed by atoms with van der Waals surface area (Å²) in [7, 11) is -1.81. The number of pyridine rings is 1. The number of hydrogen-bond donors (Lipinski definition) is 1. The SMILES string of the molecule is COCCOc1ncccc1C(=O)Nc1cccc(S(C)(=O)=O)c1. The molecule has 1 aromatic heterocycles. The van der Waals surface area contributed by atoms with Crippen LogP contribution in [0.3, 0.4) is 0 Å². The summed E-state index contributed by atoms with van der Waals surface area (Å²) in [5, 5.41) is 2.65.